The molecule has 3 rings (SSSR count). The molecule has 1 amide bonds. The second kappa shape index (κ2) is 7.97. The Morgan fingerprint density at radius 2 is 1.75 bits per heavy atom. The van der Waals surface area contributed by atoms with Gasteiger partial charge in [-0.1, -0.05) is 12.1 Å². The molecule has 28 heavy (non-hydrogen) atoms. The second-order valence-electron chi connectivity index (χ2n) is 6.28. The van der Waals surface area contributed by atoms with Crippen LogP contribution in [-0.2, 0) is 14.8 Å². The normalized spacial score (nSPS) is 13.0. The van der Waals surface area contributed by atoms with Gasteiger partial charge in [-0.3, -0.25) is 9.10 Å². The third-order valence-corrected chi connectivity index (χ3v) is 5.99. The molecule has 0 spiro atoms. The molecule has 0 fully saturated rings. The van der Waals surface area contributed by atoms with E-state index < -0.39 is 10.0 Å². The highest BCUT2D eigenvalue weighted by molar-refractivity contribution is 7.92. The minimum absolute atomic E-state index is 0.00536. The van der Waals surface area contributed by atoms with E-state index in [0.717, 1.165) is 4.31 Å². The monoisotopic (exact) mass is 406 g/mol. The van der Waals surface area contributed by atoms with Crippen LogP contribution in [0, 0.1) is 0 Å². The van der Waals surface area contributed by atoms with Crippen molar-refractivity contribution >= 4 is 21.6 Å². The van der Waals surface area contributed by atoms with E-state index in [-0.39, 0.29) is 23.0 Å². The fraction of sp³-hybridized carbons (Fsp3) is 0.316. The van der Waals surface area contributed by atoms with Crippen molar-refractivity contribution in [2.75, 3.05) is 45.3 Å². The van der Waals surface area contributed by atoms with Crippen molar-refractivity contribution in [1.82, 2.24) is 4.90 Å². The third-order valence-electron chi connectivity index (χ3n) is 4.23. The number of anilines is 1. The molecule has 0 bridgehead atoms. The molecule has 1 aliphatic heterocycles. The molecule has 0 atom stereocenters. The van der Waals surface area contributed by atoms with Crippen LogP contribution in [-0.4, -0.2) is 60.2 Å². The van der Waals surface area contributed by atoms with Gasteiger partial charge in [0.2, 0.25) is 5.91 Å². The Morgan fingerprint density at radius 3 is 2.43 bits per heavy atom. The number of fused-ring (bicyclic) bond motifs is 1. The van der Waals surface area contributed by atoms with Gasteiger partial charge in [0.25, 0.3) is 10.0 Å². The molecule has 2 aromatic rings. The molecule has 0 N–H and O–H groups in total. The summed E-state index contributed by atoms with van der Waals surface area (Å²) in [6, 6.07) is 11.0. The molecule has 1 heterocycles. The van der Waals surface area contributed by atoms with Gasteiger partial charge in [0.1, 0.15) is 25.5 Å². The first-order valence-corrected chi connectivity index (χ1v) is 10.0. The number of hydrogen-bond donors (Lipinski definition) is 0. The zero-order chi connectivity index (χ0) is 20.3. The van der Waals surface area contributed by atoms with Gasteiger partial charge >= 0.3 is 0 Å². The van der Waals surface area contributed by atoms with Crippen molar-refractivity contribution in [3.8, 4) is 17.2 Å². The Bertz CT molecular complexity index is 974. The molecule has 0 radical (unpaired) electrons. The predicted molar refractivity (Wildman–Crippen MR) is 104 cm³/mol. The number of ether oxygens (including phenoxy) is 3. The zero-order valence-electron chi connectivity index (χ0n) is 15.9. The topological polar surface area (TPSA) is 85.4 Å². The number of amides is 1. The molecule has 0 saturated carbocycles. The van der Waals surface area contributed by atoms with Crippen LogP contribution in [0.4, 0.5) is 5.69 Å². The Hall–Kier alpha value is -2.94. The average Bonchev–Trinajstić information content (AvgIpc) is 2.71. The van der Waals surface area contributed by atoms with E-state index in [4.69, 9.17) is 14.2 Å². The van der Waals surface area contributed by atoms with Gasteiger partial charge in [0.05, 0.1) is 17.7 Å². The molecule has 0 unspecified atom stereocenters. The molecule has 0 aromatic heterocycles. The SMILES string of the molecule is COc1ccccc1N(CC(=O)N(C)C)S(=O)(=O)c1ccc2c(c1)OCCO2. The van der Waals surface area contributed by atoms with Crippen LogP contribution < -0.4 is 18.5 Å². The summed E-state index contributed by atoms with van der Waals surface area (Å²) in [5.74, 6) is 0.812. The van der Waals surface area contributed by atoms with Crippen LogP contribution in [0.25, 0.3) is 0 Å². The van der Waals surface area contributed by atoms with E-state index in [9.17, 15) is 13.2 Å². The second-order valence-corrected chi connectivity index (χ2v) is 8.14. The number of methoxy groups -OCH3 is 1. The molecule has 0 saturated heterocycles. The standard InChI is InChI=1S/C19H22N2O6S/c1-20(2)19(22)13-21(15-6-4-5-7-16(15)25-3)28(23,24)14-8-9-17-18(12-14)27-11-10-26-17/h4-9,12H,10-11,13H2,1-3H3. The summed E-state index contributed by atoms with van der Waals surface area (Å²) in [5.41, 5.74) is 0.273. The first-order valence-electron chi connectivity index (χ1n) is 8.60. The van der Waals surface area contributed by atoms with Crippen molar-refractivity contribution in [3.05, 3.63) is 42.5 Å². The van der Waals surface area contributed by atoms with Crippen LogP contribution in [0.2, 0.25) is 0 Å². The molecule has 9 heteroatoms. The fourth-order valence-electron chi connectivity index (χ4n) is 2.71. The van der Waals surface area contributed by atoms with Crippen LogP contribution in [0.15, 0.2) is 47.4 Å². The first-order chi connectivity index (χ1) is 13.3. The van der Waals surface area contributed by atoms with Crippen molar-refractivity contribution in [1.29, 1.82) is 0 Å². The van der Waals surface area contributed by atoms with Gasteiger partial charge in [-0.15, -0.1) is 0 Å². The van der Waals surface area contributed by atoms with Crippen LogP contribution >= 0.6 is 0 Å². The van der Waals surface area contributed by atoms with Crippen LogP contribution in [0.5, 0.6) is 17.2 Å². The Kier molecular flexibility index (Phi) is 5.64. The fourth-order valence-corrected chi connectivity index (χ4v) is 4.15. The Morgan fingerprint density at radius 1 is 1.07 bits per heavy atom. The van der Waals surface area contributed by atoms with Gasteiger partial charge in [-0.2, -0.15) is 0 Å². The van der Waals surface area contributed by atoms with Gasteiger partial charge in [-0.05, 0) is 24.3 Å². The largest absolute Gasteiger partial charge is 0.495 e. The minimum atomic E-state index is -4.08. The van der Waals surface area contributed by atoms with Crippen molar-refractivity contribution in [2.45, 2.75) is 4.90 Å². The summed E-state index contributed by atoms with van der Waals surface area (Å²) in [5, 5.41) is 0. The van der Waals surface area contributed by atoms with Crippen molar-refractivity contribution in [2.24, 2.45) is 0 Å². The number of sulfonamides is 1. The van der Waals surface area contributed by atoms with E-state index in [0.29, 0.717) is 30.5 Å². The summed E-state index contributed by atoms with van der Waals surface area (Å²) < 4.78 is 44.2. The van der Waals surface area contributed by atoms with Crippen LogP contribution in [0.3, 0.4) is 0 Å². The quantitative estimate of drug-likeness (QED) is 0.727. The zero-order valence-corrected chi connectivity index (χ0v) is 16.7. The Labute approximate surface area is 164 Å². The lowest BCUT2D eigenvalue weighted by atomic mass is 10.3. The lowest BCUT2D eigenvalue weighted by Crippen LogP contribution is -2.40. The maximum Gasteiger partial charge on any atom is 0.265 e. The molecule has 1 aliphatic rings. The van der Waals surface area contributed by atoms with E-state index in [2.05, 4.69) is 0 Å². The van der Waals surface area contributed by atoms with Crippen molar-refractivity contribution in [3.63, 3.8) is 0 Å². The van der Waals surface area contributed by atoms with E-state index >= 15 is 0 Å². The van der Waals surface area contributed by atoms with Crippen LogP contribution in [0.1, 0.15) is 0 Å². The summed E-state index contributed by atoms with van der Waals surface area (Å²) >= 11 is 0. The number of carbonyl (C=O) groups is 1. The summed E-state index contributed by atoms with van der Waals surface area (Å²) in [6.07, 6.45) is 0. The molecule has 0 aliphatic carbocycles. The van der Waals surface area contributed by atoms with Gasteiger partial charge in [0, 0.05) is 20.2 Å². The lowest BCUT2D eigenvalue weighted by Gasteiger charge is -2.27. The summed E-state index contributed by atoms with van der Waals surface area (Å²) in [4.78, 5) is 13.7. The molecule has 8 nitrogen and oxygen atoms in total. The highest BCUT2D eigenvalue weighted by Gasteiger charge is 2.31. The van der Waals surface area contributed by atoms with Gasteiger partial charge in [-0.25, -0.2) is 8.42 Å². The van der Waals surface area contributed by atoms with E-state index in [1.54, 1.807) is 44.4 Å². The molecule has 2 aromatic carbocycles. The van der Waals surface area contributed by atoms with Gasteiger partial charge in [0.15, 0.2) is 11.5 Å². The smallest absolute Gasteiger partial charge is 0.265 e. The first kappa shape index (κ1) is 19.8. The lowest BCUT2D eigenvalue weighted by molar-refractivity contribution is -0.127. The molecular weight excluding hydrogens is 384 g/mol. The maximum absolute atomic E-state index is 13.4. The Balaban J connectivity index is 2.09. The number of likely N-dealkylation sites (N-methyl/N-ethyl adjacent to an activating group) is 1. The van der Waals surface area contributed by atoms with E-state index in [1.165, 1.54) is 24.1 Å². The number of hydrogen-bond acceptors (Lipinski definition) is 6. The summed E-state index contributed by atoms with van der Waals surface area (Å²) in [7, 11) is 0.505. The maximum atomic E-state index is 13.4. The average molecular weight is 406 g/mol. The highest BCUT2D eigenvalue weighted by atomic mass is 32.2. The van der Waals surface area contributed by atoms with Gasteiger partial charge < -0.3 is 19.1 Å². The number of rotatable bonds is 6. The third kappa shape index (κ3) is 3.84. The summed E-state index contributed by atoms with van der Waals surface area (Å²) in [6.45, 7) is 0.375. The minimum Gasteiger partial charge on any atom is -0.495 e. The van der Waals surface area contributed by atoms with Crippen molar-refractivity contribution < 1.29 is 27.4 Å². The molecular formula is C19H22N2O6S. The number of para-hydroxylation sites is 2. The predicted octanol–water partition coefficient (Wildman–Crippen LogP) is 1.75. The van der Waals surface area contributed by atoms with E-state index in [1.807, 2.05) is 0 Å². The highest BCUT2D eigenvalue weighted by Crippen LogP contribution is 2.36. The molecule has 150 valence electrons. The number of nitrogens with zero attached hydrogens (tertiary/aromatic N) is 2. The number of benzene rings is 2. The number of carbonyl (C=O) groups excluding carboxylic acids is 1.